The molecule has 29 heavy (non-hydrogen) atoms. The van der Waals surface area contributed by atoms with Crippen LogP contribution in [-0.4, -0.2) is 40.8 Å². The number of aromatic amines is 1. The number of anilines is 1. The fourth-order valence-corrected chi connectivity index (χ4v) is 3.89. The summed E-state index contributed by atoms with van der Waals surface area (Å²) in [6, 6.07) is 11.4. The second kappa shape index (κ2) is 8.00. The Morgan fingerprint density at radius 1 is 1.10 bits per heavy atom. The highest BCUT2D eigenvalue weighted by molar-refractivity contribution is 8.00. The number of aryl methyl sites for hydroxylation is 1. The van der Waals surface area contributed by atoms with Crippen LogP contribution in [0.2, 0.25) is 0 Å². The third-order valence-electron chi connectivity index (χ3n) is 4.51. The van der Waals surface area contributed by atoms with Gasteiger partial charge >= 0.3 is 0 Å². The summed E-state index contributed by atoms with van der Waals surface area (Å²) in [7, 11) is 3.13. The van der Waals surface area contributed by atoms with E-state index in [-0.39, 0.29) is 11.7 Å². The number of fused-ring (bicyclic) bond motifs is 3. The molecular formula is C21H20N4O3S. The quantitative estimate of drug-likeness (QED) is 0.368. The highest BCUT2D eigenvalue weighted by atomic mass is 32.2. The average molecular weight is 408 g/mol. The van der Waals surface area contributed by atoms with E-state index in [1.165, 1.54) is 23.7 Å². The lowest BCUT2D eigenvalue weighted by molar-refractivity contribution is -0.113. The van der Waals surface area contributed by atoms with Crippen LogP contribution in [0.4, 0.5) is 5.69 Å². The molecule has 2 heterocycles. The zero-order chi connectivity index (χ0) is 20.4. The van der Waals surface area contributed by atoms with E-state index in [4.69, 9.17) is 9.47 Å². The molecule has 0 unspecified atom stereocenters. The Hall–Kier alpha value is -3.26. The molecule has 0 aliphatic heterocycles. The number of carbonyl (C=O) groups is 1. The molecule has 0 radical (unpaired) electrons. The molecule has 0 aliphatic carbocycles. The molecule has 0 spiro atoms. The van der Waals surface area contributed by atoms with Gasteiger partial charge in [-0.05, 0) is 31.2 Å². The first-order chi connectivity index (χ1) is 14.1. The van der Waals surface area contributed by atoms with E-state index in [0.29, 0.717) is 17.2 Å². The summed E-state index contributed by atoms with van der Waals surface area (Å²) in [5.41, 5.74) is 4.52. The molecule has 0 saturated carbocycles. The largest absolute Gasteiger partial charge is 0.493 e. The number of hydrogen-bond donors (Lipinski definition) is 2. The van der Waals surface area contributed by atoms with E-state index in [1.807, 2.05) is 13.0 Å². The molecule has 4 rings (SSSR count). The molecule has 0 saturated heterocycles. The molecule has 2 aromatic carbocycles. The molecule has 0 bridgehead atoms. The molecule has 0 fully saturated rings. The Balaban J connectivity index is 1.51. The number of H-pyrrole nitrogens is 1. The minimum atomic E-state index is -0.138. The molecular weight excluding hydrogens is 388 g/mol. The molecule has 8 heteroatoms. The van der Waals surface area contributed by atoms with Crippen molar-refractivity contribution >= 4 is 45.3 Å². The van der Waals surface area contributed by atoms with Crippen molar-refractivity contribution in [3.63, 3.8) is 0 Å². The van der Waals surface area contributed by atoms with Gasteiger partial charge in [-0.15, -0.1) is 0 Å². The second-order valence-electron chi connectivity index (χ2n) is 6.48. The number of nitrogens with one attached hydrogen (secondary N) is 2. The van der Waals surface area contributed by atoms with Crippen LogP contribution >= 0.6 is 11.8 Å². The van der Waals surface area contributed by atoms with Gasteiger partial charge in [-0.25, -0.2) is 9.97 Å². The molecule has 2 aromatic heterocycles. The minimum Gasteiger partial charge on any atom is -0.493 e. The van der Waals surface area contributed by atoms with Crippen molar-refractivity contribution in [1.29, 1.82) is 0 Å². The van der Waals surface area contributed by atoms with Crippen LogP contribution < -0.4 is 14.8 Å². The van der Waals surface area contributed by atoms with Gasteiger partial charge in [0.2, 0.25) is 5.91 Å². The fourth-order valence-electron chi connectivity index (χ4n) is 3.14. The average Bonchev–Trinajstić information content (AvgIpc) is 3.10. The maximum Gasteiger partial charge on any atom is 0.234 e. The predicted molar refractivity (Wildman–Crippen MR) is 115 cm³/mol. The number of methoxy groups -OCH3 is 2. The van der Waals surface area contributed by atoms with E-state index in [9.17, 15) is 4.79 Å². The summed E-state index contributed by atoms with van der Waals surface area (Å²) < 4.78 is 10.5. The predicted octanol–water partition coefficient (Wildman–Crippen LogP) is 4.17. The second-order valence-corrected chi connectivity index (χ2v) is 7.45. The lowest BCUT2D eigenvalue weighted by Gasteiger charge is -2.10. The van der Waals surface area contributed by atoms with Gasteiger partial charge in [0, 0.05) is 22.7 Å². The van der Waals surface area contributed by atoms with Crippen molar-refractivity contribution in [3.8, 4) is 11.5 Å². The highest BCUT2D eigenvalue weighted by Crippen LogP contribution is 2.31. The van der Waals surface area contributed by atoms with Crippen molar-refractivity contribution in [2.45, 2.75) is 11.9 Å². The number of ether oxygens (including phenoxy) is 2. The molecule has 0 aliphatic rings. The minimum absolute atomic E-state index is 0.138. The Morgan fingerprint density at radius 2 is 1.93 bits per heavy atom. The van der Waals surface area contributed by atoms with Crippen LogP contribution in [0.1, 0.15) is 5.56 Å². The number of nitrogens with zero attached hydrogens (tertiary/aromatic N) is 2. The number of thioether (sulfide) groups is 1. The van der Waals surface area contributed by atoms with Crippen LogP contribution in [0.25, 0.3) is 21.9 Å². The van der Waals surface area contributed by atoms with Crippen molar-refractivity contribution in [2.75, 3.05) is 25.3 Å². The van der Waals surface area contributed by atoms with Crippen molar-refractivity contribution in [2.24, 2.45) is 0 Å². The van der Waals surface area contributed by atoms with Crippen LogP contribution in [-0.2, 0) is 4.79 Å². The van der Waals surface area contributed by atoms with E-state index >= 15 is 0 Å². The van der Waals surface area contributed by atoms with Gasteiger partial charge in [0.15, 0.2) is 11.5 Å². The van der Waals surface area contributed by atoms with Gasteiger partial charge in [0.1, 0.15) is 16.9 Å². The summed E-state index contributed by atoms with van der Waals surface area (Å²) in [6.45, 7) is 2.05. The molecule has 7 nitrogen and oxygen atoms in total. The van der Waals surface area contributed by atoms with E-state index < -0.39 is 0 Å². The summed E-state index contributed by atoms with van der Waals surface area (Å²) >= 11 is 1.36. The monoisotopic (exact) mass is 408 g/mol. The Kier molecular flexibility index (Phi) is 5.26. The van der Waals surface area contributed by atoms with Crippen molar-refractivity contribution < 1.29 is 14.3 Å². The first kappa shape index (κ1) is 19.1. The fraction of sp³-hybridized carbons (Fsp3) is 0.190. The molecule has 1 amide bonds. The zero-order valence-electron chi connectivity index (χ0n) is 16.3. The van der Waals surface area contributed by atoms with Crippen molar-refractivity contribution in [1.82, 2.24) is 15.0 Å². The van der Waals surface area contributed by atoms with Gasteiger partial charge in [0.05, 0.1) is 25.5 Å². The molecule has 4 aromatic rings. The summed E-state index contributed by atoms with van der Waals surface area (Å²) in [5.74, 6) is 1.25. The van der Waals surface area contributed by atoms with Crippen LogP contribution in [0.15, 0.2) is 47.8 Å². The maximum absolute atomic E-state index is 12.4. The van der Waals surface area contributed by atoms with E-state index in [0.717, 1.165) is 27.0 Å². The Labute approximate surface area is 171 Å². The summed E-state index contributed by atoms with van der Waals surface area (Å²) in [4.78, 5) is 24.6. The highest BCUT2D eigenvalue weighted by Gasteiger charge is 2.13. The Bertz CT molecular complexity index is 1210. The van der Waals surface area contributed by atoms with Gasteiger partial charge in [-0.3, -0.25) is 4.79 Å². The first-order valence-electron chi connectivity index (χ1n) is 8.96. The molecule has 148 valence electrons. The maximum atomic E-state index is 12.4. The van der Waals surface area contributed by atoms with Gasteiger partial charge < -0.3 is 19.8 Å². The Morgan fingerprint density at radius 3 is 2.72 bits per heavy atom. The topological polar surface area (TPSA) is 89.1 Å². The molecule has 0 atom stereocenters. The van der Waals surface area contributed by atoms with Gasteiger partial charge in [-0.2, -0.15) is 0 Å². The normalized spacial score (nSPS) is 11.0. The number of carbonyl (C=O) groups excluding carboxylic acids is 1. The number of rotatable bonds is 6. The molecule has 2 N–H and O–H groups in total. The first-order valence-corrected chi connectivity index (χ1v) is 9.95. The smallest absolute Gasteiger partial charge is 0.234 e. The number of benzene rings is 2. The third kappa shape index (κ3) is 3.84. The zero-order valence-corrected chi connectivity index (χ0v) is 17.1. The van der Waals surface area contributed by atoms with E-state index in [2.05, 4.69) is 32.4 Å². The van der Waals surface area contributed by atoms with Crippen LogP contribution in [0, 0.1) is 6.92 Å². The number of amides is 1. The van der Waals surface area contributed by atoms with Crippen LogP contribution in [0.5, 0.6) is 11.5 Å². The third-order valence-corrected chi connectivity index (χ3v) is 5.50. The standard InChI is InChI=1S/C21H20N4O3S/c1-12-4-6-15-14(8-12)19-20(25-15)21(23-11-22-19)29-10-18(26)24-13-5-7-16(27-2)17(9-13)28-3/h4-9,11,25H,10H2,1-3H3,(H,24,26). The SMILES string of the molecule is COc1ccc(NC(=O)CSc2ncnc3c2[nH]c2ccc(C)cc23)cc1OC. The number of hydrogen-bond acceptors (Lipinski definition) is 6. The van der Waals surface area contributed by atoms with Gasteiger partial charge in [0.25, 0.3) is 0 Å². The summed E-state index contributed by atoms with van der Waals surface area (Å²) in [6.07, 6.45) is 1.53. The van der Waals surface area contributed by atoms with Crippen LogP contribution in [0.3, 0.4) is 0 Å². The lowest BCUT2D eigenvalue weighted by Crippen LogP contribution is -2.14. The van der Waals surface area contributed by atoms with Crippen molar-refractivity contribution in [3.05, 3.63) is 48.3 Å². The van der Waals surface area contributed by atoms with Gasteiger partial charge in [-0.1, -0.05) is 23.4 Å². The number of aromatic nitrogens is 3. The summed E-state index contributed by atoms with van der Waals surface area (Å²) in [5, 5.41) is 4.67. The van der Waals surface area contributed by atoms with E-state index in [1.54, 1.807) is 32.4 Å². The lowest BCUT2D eigenvalue weighted by atomic mass is 10.2.